The molecule has 0 unspecified atom stereocenters. The smallest absolute Gasteiger partial charge is 0.0741 e. The maximum absolute atomic E-state index is 2.41. The van der Waals surface area contributed by atoms with Crippen LogP contribution in [-0.4, -0.2) is 0 Å². The minimum absolute atomic E-state index is 0.473. The van der Waals surface area contributed by atoms with Crippen molar-refractivity contribution in [2.24, 2.45) is 0 Å². The fraction of sp³-hybridized carbons (Fsp3) is 0.0189. The molecule has 2 heteroatoms. The van der Waals surface area contributed by atoms with E-state index in [1.54, 1.807) is 0 Å². The Balaban J connectivity index is 1.09. The van der Waals surface area contributed by atoms with Crippen molar-refractivity contribution in [3.05, 3.63) is 235 Å². The van der Waals surface area contributed by atoms with Crippen LogP contribution in [0.25, 0.3) is 44.2 Å². The van der Waals surface area contributed by atoms with Crippen molar-refractivity contribution in [3.63, 3.8) is 0 Å². The van der Waals surface area contributed by atoms with Crippen molar-refractivity contribution in [2.45, 2.75) is 15.2 Å². The highest BCUT2D eigenvalue weighted by atomic mass is 32.2. The number of hydrogen-bond donors (Lipinski definition) is 0. The zero-order valence-electron chi connectivity index (χ0n) is 30.1. The van der Waals surface area contributed by atoms with Crippen molar-refractivity contribution in [3.8, 4) is 33.4 Å². The highest BCUT2D eigenvalue weighted by molar-refractivity contribution is 7.99. The second kappa shape index (κ2) is 12.8. The van der Waals surface area contributed by atoms with Gasteiger partial charge < -0.3 is 4.90 Å². The Morgan fingerprint density at radius 1 is 0.345 bits per heavy atom. The summed E-state index contributed by atoms with van der Waals surface area (Å²) in [4.78, 5) is 5.00. The van der Waals surface area contributed by atoms with Gasteiger partial charge in [-0.15, -0.1) is 0 Å². The van der Waals surface area contributed by atoms with Gasteiger partial charge >= 0.3 is 0 Å². The number of fused-ring (bicyclic) bond motifs is 11. The first-order valence-corrected chi connectivity index (χ1v) is 19.7. The molecule has 0 fully saturated rings. The quantitative estimate of drug-likeness (QED) is 0.174. The summed E-state index contributed by atoms with van der Waals surface area (Å²) in [7, 11) is 0. The number of rotatable bonds is 5. The topological polar surface area (TPSA) is 3.24 Å². The van der Waals surface area contributed by atoms with Crippen molar-refractivity contribution < 1.29 is 0 Å². The van der Waals surface area contributed by atoms with Crippen LogP contribution < -0.4 is 4.90 Å². The zero-order valence-corrected chi connectivity index (χ0v) is 30.9. The van der Waals surface area contributed by atoms with E-state index in [1.165, 1.54) is 76.2 Å². The van der Waals surface area contributed by atoms with Gasteiger partial charge in [0.2, 0.25) is 0 Å². The Hall–Kier alpha value is -6.61. The Kier molecular flexibility index (Phi) is 7.40. The van der Waals surface area contributed by atoms with Gasteiger partial charge in [-0.1, -0.05) is 182 Å². The molecule has 1 nitrogen and oxygen atoms in total. The summed E-state index contributed by atoms with van der Waals surface area (Å²) in [5.41, 5.74) is 15.8. The van der Waals surface area contributed by atoms with Crippen LogP contribution in [-0.2, 0) is 5.41 Å². The Morgan fingerprint density at radius 2 is 0.873 bits per heavy atom. The second-order valence-electron chi connectivity index (χ2n) is 14.4. The fourth-order valence-corrected chi connectivity index (χ4v) is 10.5. The molecule has 11 rings (SSSR count). The average molecular weight is 718 g/mol. The van der Waals surface area contributed by atoms with E-state index in [1.807, 2.05) is 11.8 Å². The monoisotopic (exact) mass is 717 g/mol. The minimum atomic E-state index is -0.473. The fourth-order valence-electron chi connectivity index (χ4n) is 9.18. The van der Waals surface area contributed by atoms with Crippen LogP contribution in [0.5, 0.6) is 0 Å². The molecule has 0 aromatic heterocycles. The zero-order chi connectivity index (χ0) is 36.3. The SMILES string of the molecule is c1ccc(-c2ccc(N(c3ccccc3)c3ccc(-c4cccc5c4C4(c6ccccc6-c6ccccc64)c4ccc6ccccc6c4S5)cc3)cc2)cc1. The predicted octanol–water partition coefficient (Wildman–Crippen LogP) is 14.5. The van der Waals surface area contributed by atoms with Crippen LogP contribution in [0.2, 0.25) is 0 Å². The first-order chi connectivity index (χ1) is 27.3. The molecular weight excluding hydrogens is 683 g/mol. The molecule has 1 aliphatic carbocycles. The Bertz CT molecular complexity index is 2830. The number of benzene rings is 9. The normalized spacial score (nSPS) is 13.2. The van der Waals surface area contributed by atoms with Crippen LogP contribution in [0.3, 0.4) is 0 Å². The molecule has 0 saturated carbocycles. The van der Waals surface area contributed by atoms with E-state index in [2.05, 4.69) is 217 Å². The van der Waals surface area contributed by atoms with Gasteiger partial charge in [0.25, 0.3) is 0 Å². The molecule has 1 heterocycles. The Labute approximate surface area is 326 Å². The first kappa shape index (κ1) is 31.9. The first-order valence-electron chi connectivity index (χ1n) is 18.9. The predicted molar refractivity (Wildman–Crippen MR) is 231 cm³/mol. The molecule has 0 bridgehead atoms. The van der Waals surface area contributed by atoms with Crippen LogP contribution in [0, 0.1) is 0 Å². The third-order valence-corrected chi connectivity index (χ3v) is 12.7. The lowest BCUT2D eigenvalue weighted by Gasteiger charge is -2.41. The van der Waals surface area contributed by atoms with E-state index >= 15 is 0 Å². The average Bonchev–Trinajstić information content (AvgIpc) is 3.55. The van der Waals surface area contributed by atoms with Crippen molar-refractivity contribution in [1.82, 2.24) is 0 Å². The molecule has 0 radical (unpaired) electrons. The summed E-state index contributed by atoms with van der Waals surface area (Å²) >= 11 is 1.92. The highest BCUT2D eigenvalue weighted by Gasteiger charge is 2.51. The van der Waals surface area contributed by atoms with E-state index in [9.17, 15) is 0 Å². The van der Waals surface area contributed by atoms with E-state index < -0.39 is 5.41 Å². The minimum Gasteiger partial charge on any atom is -0.311 e. The summed E-state index contributed by atoms with van der Waals surface area (Å²) in [6, 6.07) is 78.1. The van der Waals surface area contributed by atoms with Gasteiger partial charge in [0.15, 0.2) is 0 Å². The number of anilines is 3. The summed E-state index contributed by atoms with van der Waals surface area (Å²) in [6.45, 7) is 0. The van der Waals surface area contributed by atoms with Crippen LogP contribution in [0.15, 0.2) is 222 Å². The molecule has 9 aromatic carbocycles. The standard InChI is InChI=1S/C53H35NS/c1-3-14-36(15-4-1)37-26-31-41(32-27-37)54(40-17-5-2-6-18-40)42-33-28-39(29-34-42)43-22-13-25-50-51(43)53(49-35-30-38-16-7-8-19-44(38)52(49)55-50)47-23-11-9-20-45(47)46-21-10-12-24-48(46)53/h1-35H. The van der Waals surface area contributed by atoms with E-state index in [0.717, 1.165) is 17.1 Å². The molecule has 9 aromatic rings. The summed E-state index contributed by atoms with van der Waals surface area (Å²) in [5.74, 6) is 0. The summed E-state index contributed by atoms with van der Waals surface area (Å²) in [6.07, 6.45) is 0. The van der Waals surface area contributed by atoms with Gasteiger partial charge in [0, 0.05) is 26.9 Å². The van der Waals surface area contributed by atoms with E-state index in [4.69, 9.17) is 0 Å². The van der Waals surface area contributed by atoms with Crippen LogP contribution >= 0.6 is 11.8 Å². The molecule has 1 spiro atoms. The summed E-state index contributed by atoms with van der Waals surface area (Å²) in [5, 5.41) is 2.58. The lowest BCUT2D eigenvalue weighted by molar-refractivity contribution is 0.728. The summed E-state index contributed by atoms with van der Waals surface area (Å²) < 4.78 is 0. The molecular formula is C53H35NS. The number of nitrogens with zero attached hydrogens (tertiary/aromatic N) is 1. The molecule has 1 aliphatic heterocycles. The number of para-hydroxylation sites is 1. The van der Waals surface area contributed by atoms with Gasteiger partial charge in [0.1, 0.15) is 0 Å². The second-order valence-corrected chi connectivity index (χ2v) is 15.5. The highest BCUT2D eigenvalue weighted by Crippen LogP contribution is 2.64. The number of hydrogen-bond acceptors (Lipinski definition) is 2. The van der Waals surface area contributed by atoms with Crippen LogP contribution in [0.1, 0.15) is 22.3 Å². The Morgan fingerprint density at radius 3 is 1.56 bits per heavy atom. The van der Waals surface area contributed by atoms with E-state index in [0.29, 0.717) is 0 Å². The maximum Gasteiger partial charge on any atom is 0.0741 e. The van der Waals surface area contributed by atoms with Crippen molar-refractivity contribution >= 4 is 39.6 Å². The van der Waals surface area contributed by atoms with Gasteiger partial charge in [-0.25, -0.2) is 0 Å². The molecule has 258 valence electrons. The van der Waals surface area contributed by atoms with Crippen molar-refractivity contribution in [2.75, 3.05) is 4.90 Å². The molecule has 2 aliphatic rings. The van der Waals surface area contributed by atoms with E-state index in [-0.39, 0.29) is 0 Å². The van der Waals surface area contributed by atoms with Gasteiger partial charge in [-0.2, -0.15) is 0 Å². The maximum atomic E-state index is 2.41. The molecule has 0 N–H and O–H groups in total. The van der Waals surface area contributed by atoms with Gasteiger partial charge in [-0.3, -0.25) is 0 Å². The molecule has 0 amide bonds. The largest absolute Gasteiger partial charge is 0.311 e. The lowest BCUT2D eigenvalue weighted by atomic mass is 9.65. The van der Waals surface area contributed by atoms with Crippen LogP contribution in [0.4, 0.5) is 17.1 Å². The van der Waals surface area contributed by atoms with Gasteiger partial charge in [-0.05, 0) is 109 Å². The molecule has 55 heavy (non-hydrogen) atoms. The lowest BCUT2D eigenvalue weighted by Crippen LogP contribution is -2.32. The molecule has 0 atom stereocenters. The third-order valence-electron chi connectivity index (χ3n) is 11.5. The molecule has 0 saturated heterocycles. The third kappa shape index (κ3) is 4.88. The van der Waals surface area contributed by atoms with Crippen molar-refractivity contribution in [1.29, 1.82) is 0 Å². The van der Waals surface area contributed by atoms with Gasteiger partial charge in [0.05, 0.1) is 5.41 Å².